The second kappa shape index (κ2) is 11.8. The Morgan fingerprint density at radius 2 is 1.50 bits per heavy atom. The molecule has 0 aliphatic carbocycles. The minimum atomic E-state index is -0.671. The molecule has 0 saturated carbocycles. The van der Waals surface area contributed by atoms with Gasteiger partial charge >= 0.3 is 12.1 Å². The maximum atomic E-state index is 12.4. The van der Waals surface area contributed by atoms with Crippen LogP contribution in [-0.2, 0) is 16.1 Å². The van der Waals surface area contributed by atoms with Crippen LogP contribution in [0, 0.1) is 10.1 Å². The number of benzene rings is 3. The second-order valence-corrected chi connectivity index (χ2v) is 6.60. The average Bonchev–Trinajstić information content (AvgIpc) is 2.79. The van der Waals surface area contributed by atoms with Gasteiger partial charge in [0, 0.05) is 12.1 Å². The highest BCUT2D eigenvalue weighted by molar-refractivity contribution is 5.75. The van der Waals surface area contributed by atoms with Gasteiger partial charge in [0.25, 0.3) is 5.69 Å². The Morgan fingerprint density at radius 3 is 2.09 bits per heavy atom. The Hall–Kier alpha value is -4.20. The Balaban J connectivity index is 0.00000363. The van der Waals surface area contributed by atoms with E-state index in [2.05, 4.69) is 5.32 Å². The highest BCUT2D eigenvalue weighted by Crippen LogP contribution is 2.21. The molecule has 0 heterocycles. The molecule has 0 spiro atoms. The lowest BCUT2D eigenvalue weighted by Crippen LogP contribution is -2.31. The number of nitrogens with zero attached hydrogens (tertiary/aromatic N) is 1. The first-order valence-electron chi connectivity index (χ1n) is 9.48. The van der Waals surface area contributed by atoms with Crippen LogP contribution in [0.1, 0.15) is 31.0 Å². The molecule has 0 radical (unpaired) electrons. The molecule has 166 valence electrons. The van der Waals surface area contributed by atoms with E-state index < -0.39 is 23.0 Å². The monoisotopic (exact) mass is 436 g/mol. The smallest absolute Gasteiger partial charge is 0.407 e. The van der Waals surface area contributed by atoms with Crippen LogP contribution >= 0.6 is 0 Å². The zero-order valence-electron chi connectivity index (χ0n) is 16.5. The summed E-state index contributed by atoms with van der Waals surface area (Å²) in [7, 11) is 0. The Morgan fingerprint density at radius 1 is 0.906 bits per heavy atom. The number of nitrogens with one attached hydrogen (secondary N) is 1. The first kappa shape index (κ1) is 24.1. The number of nitro benzene ring substituents is 1. The first-order chi connectivity index (χ1) is 15.0. The number of alkyl carbamates (subject to hydrolysis) is 1. The summed E-state index contributed by atoms with van der Waals surface area (Å²) in [5.41, 5.74) is 1.44. The van der Waals surface area contributed by atoms with Gasteiger partial charge < -0.3 is 14.8 Å². The summed E-state index contributed by atoms with van der Waals surface area (Å²) in [5, 5.41) is 13.4. The average molecular weight is 436 g/mol. The Bertz CT molecular complexity index is 1020. The SMILES string of the molecule is C.O=C(C[C@@H](NC(=O)OCc1ccccc1)c1ccccc1)Oc1ccc([N+](=O)[O-])cc1. The molecule has 8 heteroatoms. The van der Waals surface area contributed by atoms with E-state index in [0.29, 0.717) is 5.56 Å². The van der Waals surface area contributed by atoms with Gasteiger partial charge in [0.15, 0.2) is 0 Å². The zero-order chi connectivity index (χ0) is 22.1. The number of esters is 1. The molecule has 1 N–H and O–H groups in total. The minimum absolute atomic E-state index is 0. The Labute approximate surface area is 185 Å². The van der Waals surface area contributed by atoms with Gasteiger partial charge in [0.1, 0.15) is 12.4 Å². The number of hydrogen-bond acceptors (Lipinski definition) is 6. The normalized spacial score (nSPS) is 10.9. The van der Waals surface area contributed by atoms with E-state index in [1.807, 2.05) is 36.4 Å². The highest BCUT2D eigenvalue weighted by atomic mass is 16.6. The summed E-state index contributed by atoms with van der Waals surface area (Å²) >= 11 is 0. The molecule has 8 nitrogen and oxygen atoms in total. The van der Waals surface area contributed by atoms with E-state index >= 15 is 0 Å². The number of ether oxygens (including phenoxy) is 2. The van der Waals surface area contributed by atoms with Crippen LogP contribution in [0.5, 0.6) is 5.75 Å². The van der Waals surface area contributed by atoms with Crippen LogP contribution in [0.3, 0.4) is 0 Å². The molecule has 1 amide bonds. The molecule has 0 aromatic heterocycles. The topological polar surface area (TPSA) is 108 Å². The molecule has 0 bridgehead atoms. The molecule has 3 aromatic carbocycles. The van der Waals surface area contributed by atoms with Crippen molar-refractivity contribution in [3.8, 4) is 5.75 Å². The number of carbonyl (C=O) groups is 2. The number of non-ortho nitro benzene ring substituents is 1. The first-order valence-corrected chi connectivity index (χ1v) is 9.48. The van der Waals surface area contributed by atoms with Gasteiger partial charge in [-0.3, -0.25) is 14.9 Å². The van der Waals surface area contributed by atoms with Crippen molar-refractivity contribution in [2.24, 2.45) is 0 Å². The second-order valence-electron chi connectivity index (χ2n) is 6.60. The summed E-state index contributed by atoms with van der Waals surface area (Å²) in [6, 6.07) is 22.7. The van der Waals surface area contributed by atoms with E-state index in [9.17, 15) is 19.7 Å². The van der Waals surface area contributed by atoms with Crippen LogP contribution in [0.2, 0.25) is 0 Å². The van der Waals surface area contributed by atoms with Crippen LogP contribution < -0.4 is 10.1 Å². The summed E-state index contributed by atoms with van der Waals surface area (Å²) in [4.78, 5) is 34.9. The largest absolute Gasteiger partial charge is 0.445 e. The zero-order valence-corrected chi connectivity index (χ0v) is 16.5. The molecule has 0 aliphatic rings. The van der Waals surface area contributed by atoms with E-state index in [1.165, 1.54) is 24.3 Å². The van der Waals surface area contributed by atoms with E-state index in [1.54, 1.807) is 24.3 Å². The lowest BCUT2D eigenvalue weighted by atomic mass is 10.0. The summed E-state index contributed by atoms with van der Waals surface area (Å²) < 4.78 is 10.5. The van der Waals surface area contributed by atoms with Crippen molar-refractivity contribution >= 4 is 17.7 Å². The third-order valence-electron chi connectivity index (χ3n) is 4.36. The lowest BCUT2D eigenvalue weighted by Gasteiger charge is -2.18. The lowest BCUT2D eigenvalue weighted by molar-refractivity contribution is -0.384. The molecule has 0 fully saturated rings. The van der Waals surface area contributed by atoms with Crippen molar-refractivity contribution < 1.29 is 24.0 Å². The fourth-order valence-corrected chi connectivity index (χ4v) is 2.82. The maximum Gasteiger partial charge on any atom is 0.407 e. The molecule has 1 atom stereocenters. The van der Waals surface area contributed by atoms with Crippen molar-refractivity contribution in [3.05, 3.63) is 106 Å². The fraction of sp³-hybridized carbons (Fsp3) is 0.167. The summed E-state index contributed by atoms with van der Waals surface area (Å²) in [5.74, 6) is -0.430. The molecular weight excluding hydrogens is 412 g/mol. The molecular formula is C24H24N2O6. The molecule has 0 aliphatic heterocycles. The quantitative estimate of drug-likeness (QED) is 0.225. The van der Waals surface area contributed by atoms with Gasteiger partial charge in [-0.15, -0.1) is 0 Å². The van der Waals surface area contributed by atoms with Gasteiger partial charge in [-0.2, -0.15) is 0 Å². The maximum absolute atomic E-state index is 12.4. The number of carbonyl (C=O) groups excluding carboxylic acids is 2. The number of amides is 1. The van der Waals surface area contributed by atoms with Gasteiger partial charge in [-0.1, -0.05) is 68.1 Å². The third-order valence-corrected chi connectivity index (χ3v) is 4.36. The van der Waals surface area contributed by atoms with E-state index in [4.69, 9.17) is 9.47 Å². The standard InChI is InChI=1S/C23H20N2O6.CH4/c26-22(31-20-13-11-19(12-14-20)25(28)29)15-21(18-9-5-2-6-10-18)24-23(27)30-16-17-7-3-1-4-8-17;/h1-14,21H,15-16H2,(H,24,27);1H4/t21-;/m1./s1. The predicted octanol–water partition coefficient (Wildman–Crippen LogP) is 5.19. The Kier molecular flexibility index (Phi) is 8.91. The van der Waals surface area contributed by atoms with Gasteiger partial charge in [0.2, 0.25) is 0 Å². The van der Waals surface area contributed by atoms with Crippen molar-refractivity contribution in [3.63, 3.8) is 0 Å². The highest BCUT2D eigenvalue weighted by Gasteiger charge is 2.21. The summed E-state index contributed by atoms with van der Waals surface area (Å²) in [6.07, 6.45) is -0.817. The van der Waals surface area contributed by atoms with Crippen LogP contribution in [0.4, 0.5) is 10.5 Å². The van der Waals surface area contributed by atoms with E-state index in [-0.39, 0.29) is 31.9 Å². The van der Waals surface area contributed by atoms with Gasteiger partial charge in [-0.05, 0) is 23.3 Å². The molecule has 32 heavy (non-hydrogen) atoms. The van der Waals surface area contributed by atoms with Gasteiger partial charge in [0.05, 0.1) is 17.4 Å². The molecule has 0 unspecified atom stereocenters. The molecule has 0 saturated heterocycles. The number of nitro groups is 1. The third kappa shape index (κ3) is 7.24. The van der Waals surface area contributed by atoms with Crippen molar-refractivity contribution in [1.29, 1.82) is 0 Å². The van der Waals surface area contributed by atoms with Crippen LogP contribution in [-0.4, -0.2) is 17.0 Å². The molecule has 3 aromatic rings. The van der Waals surface area contributed by atoms with Crippen molar-refractivity contribution in [1.82, 2.24) is 5.32 Å². The number of rotatable bonds is 8. The van der Waals surface area contributed by atoms with Crippen LogP contribution in [0.15, 0.2) is 84.9 Å². The van der Waals surface area contributed by atoms with E-state index in [0.717, 1.165) is 5.56 Å². The van der Waals surface area contributed by atoms with Crippen LogP contribution in [0.25, 0.3) is 0 Å². The predicted molar refractivity (Wildman–Crippen MR) is 119 cm³/mol. The fourth-order valence-electron chi connectivity index (χ4n) is 2.82. The molecule has 3 rings (SSSR count). The van der Waals surface area contributed by atoms with Crippen molar-refractivity contribution in [2.45, 2.75) is 26.5 Å². The minimum Gasteiger partial charge on any atom is -0.445 e. The van der Waals surface area contributed by atoms with Crippen molar-refractivity contribution in [2.75, 3.05) is 0 Å². The number of hydrogen-bond donors (Lipinski definition) is 1. The summed E-state index contributed by atoms with van der Waals surface area (Å²) in [6.45, 7) is 0.0986. The van der Waals surface area contributed by atoms with Gasteiger partial charge in [-0.25, -0.2) is 4.79 Å².